The highest BCUT2D eigenvalue weighted by molar-refractivity contribution is 5.49. The maximum absolute atomic E-state index is 8.74. The molecule has 18 heavy (non-hydrogen) atoms. The molecule has 1 unspecified atom stereocenters. The Morgan fingerprint density at radius 2 is 2.33 bits per heavy atom. The molecule has 1 atom stereocenters. The van der Waals surface area contributed by atoms with E-state index in [1.807, 2.05) is 19.9 Å². The molecule has 2 aromatic heterocycles. The molecule has 2 heterocycles. The summed E-state index contributed by atoms with van der Waals surface area (Å²) in [4.78, 5) is 7.18. The number of aromatic amines is 1. The maximum Gasteiger partial charge on any atom is 0.274 e. The molecule has 0 amide bonds. The summed E-state index contributed by atoms with van der Waals surface area (Å²) in [5.74, 6) is 0.846. The molecule has 0 spiro atoms. The Bertz CT molecular complexity index is 575. The van der Waals surface area contributed by atoms with Crippen molar-refractivity contribution < 1.29 is 9.26 Å². The van der Waals surface area contributed by atoms with Crippen molar-refractivity contribution in [2.75, 3.05) is 7.11 Å². The Kier molecular flexibility index (Phi) is 3.17. The Morgan fingerprint density at radius 3 is 2.89 bits per heavy atom. The predicted octanol–water partition coefficient (Wildman–Crippen LogP) is 2.21. The van der Waals surface area contributed by atoms with Crippen LogP contribution in [-0.4, -0.2) is 22.2 Å². The Hall–Kier alpha value is -2.13. The molecule has 2 rings (SSSR count). The second-order valence-electron chi connectivity index (χ2n) is 4.11. The van der Waals surface area contributed by atoms with Crippen LogP contribution in [-0.2, 0) is 10.3 Å². The molecule has 6 heteroatoms. The Balaban J connectivity index is 2.33. The second kappa shape index (κ2) is 4.63. The zero-order chi connectivity index (χ0) is 13.2. The van der Waals surface area contributed by atoms with Gasteiger partial charge in [-0.25, -0.2) is 0 Å². The highest BCUT2D eigenvalue weighted by atomic mass is 16.5. The van der Waals surface area contributed by atoms with Crippen LogP contribution in [0.15, 0.2) is 16.7 Å². The van der Waals surface area contributed by atoms with Gasteiger partial charge in [0.25, 0.3) is 5.89 Å². The first kappa shape index (κ1) is 12.3. The van der Waals surface area contributed by atoms with Crippen LogP contribution in [0.5, 0.6) is 0 Å². The zero-order valence-corrected chi connectivity index (χ0v) is 10.5. The summed E-state index contributed by atoms with van der Waals surface area (Å²) in [5.41, 5.74) is 0.515. The van der Waals surface area contributed by atoms with Gasteiger partial charge in [-0.1, -0.05) is 12.1 Å². The van der Waals surface area contributed by atoms with Crippen LogP contribution >= 0.6 is 0 Å². The quantitative estimate of drug-likeness (QED) is 0.893. The number of nitrogens with one attached hydrogen (secondary N) is 1. The van der Waals surface area contributed by atoms with Crippen LogP contribution in [0.3, 0.4) is 0 Å². The molecule has 0 aliphatic carbocycles. The largest absolute Gasteiger partial charge is 0.370 e. The fourth-order valence-electron chi connectivity index (χ4n) is 1.53. The van der Waals surface area contributed by atoms with Crippen LogP contribution in [0, 0.1) is 11.3 Å². The van der Waals surface area contributed by atoms with E-state index >= 15 is 0 Å². The molecule has 1 N–H and O–H groups in total. The van der Waals surface area contributed by atoms with E-state index in [0.717, 1.165) is 6.42 Å². The van der Waals surface area contributed by atoms with Crippen molar-refractivity contribution >= 4 is 0 Å². The van der Waals surface area contributed by atoms with Crippen molar-refractivity contribution in [3.63, 3.8) is 0 Å². The number of hydrogen-bond donors (Lipinski definition) is 1. The minimum atomic E-state index is -0.563. The summed E-state index contributed by atoms with van der Waals surface area (Å²) in [6.07, 6.45) is 0.733. The first-order valence-corrected chi connectivity index (χ1v) is 5.61. The highest BCUT2D eigenvalue weighted by Gasteiger charge is 2.30. The first-order valence-electron chi connectivity index (χ1n) is 5.61. The molecule has 0 aliphatic rings. The van der Waals surface area contributed by atoms with E-state index in [0.29, 0.717) is 23.1 Å². The maximum atomic E-state index is 8.74. The number of nitriles is 1. The van der Waals surface area contributed by atoms with E-state index in [9.17, 15) is 0 Å². The van der Waals surface area contributed by atoms with Gasteiger partial charge >= 0.3 is 0 Å². The minimum Gasteiger partial charge on any atom is -0.370 e. The molecule has 0 aromatic carbocycles. The van der Waals surface area contributed by atoms with Crippen molar-refractivity contribution in [3.8, 4) is 17.7 Å². The van der Waals surface area contributed by atoms with Gasteiger partial charge < -0.3 is 14.2 Å². The normalized spacial score (nSPS) is 14.1. The van der Waals surface area contributed by atoms with Crippen molar-refractivity contribution in [2.45, 2.75) is 25.9 Å². The average molecular weight is 246 g/mol. The molecule has 6 nitrogen and oxygen atoms in total. The molecule has 0 saturated heterocycles. The summed E-state index contributed by atoms with van der Waals surface area (Å²) in [6, 6.07) is 5.40. The third-order valence-corrected chi connectivity index (χ3v) is 3.06. The lowest BCUT2D eigenvalue weighted by Crippen LogP contribution is -2.24. The third-order valence-electron chi connectivity index (χ3n) is 3.06. The molecule has 0 fully saturated rings. The number of ether oxygens (including phenoxy) is 1. The van der Waals surface area contributed by atoms with E-state index in [1.165, 1.54) is 0 Å². The first-order chi connectivity index (χ1) is 8.62. The summed E-state index contributed by atoms with van der Waals surface area (Å²) < 4.78 is 10.6. The van der Waals surface area contributed by atoms with Crippen LogP contribution in [0.2, 0.25) is 0 Å². The number of H-pyrrole nitrogens is 1. The summed E-state index contributed by atoms with van der Waals surface area (Å²) in [6.45, 7) is 3.89. The molecule has 94 valence electrons. The number of rotatable bonds is 4. The van der Waals surface area contributed by atoms with Gasteiger partial charge in [0.15, 0.2) is 0 Å². The van der Waals surface area contributed by atoms with Gasteiger partial charge in [0, 0.05) is 7.11 Å². The number of nitrogens with zero attached hydrogens (tertiary/aromatic N) is 3. The number of methoxy groups -OCH3 is 1. The monoisotopic (exact) mass is 246 g/mol. The van der Waals surface area contributed by atoms with Crippen molar-refractivity contribution in [2.24, 2.45) is 0 Å². The molecular formula is C12H14N4O2. The van der Waals surface area contributed by atoms with Crippen molar-refractivity contribution in [3.05, 3.63) is 23.7 Å². The van der Waals surface area contributed by atoms with E-state index in [1.54, 1.807) is 19.2 Å². The molecule has 2 aromatic rings. The predicted molar refractivity (Wildman–Crippen MR) is 63.5 cm³/mol. The van der Waals surface area contributed by atoms with Crippen molar-refractivity contribution in [1.29, 1.82) is 5.26 Å². The lowest BCUT2D eigenvalue weighted by molar-refractivity contribution is -0.0106. The van der Waals surface area contributed by atoms with Crippen LogP contribution < -0.4 is 0 Å². The Morgan fingerprint density at radius 1 is 1.56 bits per heavy atom. The van der Waals surface area contributed by atoms with E-state index in [-0.39, 0.29) is 0 Å². The van der Waals surface area contributed by atoms with Crippen LogP contribution in [0.1, 0.15) is 31.8 Å². The summed E-state index contributed by atoms with van der Waals surface area (Å²) >= 11 is 0. The topological polar surface area (TPSA) is 87.7 Å². The minimum absolute atomic E-state index is 0.350. The van der Waals surface area contributed by atoms with Crippen LogP contribution in [0.25, 0.3) is 11.6 Å². The lowest BCUT2D eigenvalue weighted by Gasteiger charge is -2.21. The van der Waals surface area contributed by atoms with Crippen LogP contribution in [0.4, 0.5) is 0 Å². The zero-order valence-electron chi connectivity index (χ0n) is 10.5. The fraction of sp³-hybridized carbons (Fsp3) is 0.417. The van der Waals surface area contributed by atoms with Gasteiger partial charge in [0.05, 0.1) is 0 Å². The number of hydrogen-bond acceptors (Lipinski definition) is 5. The molecule has 0 bridgehead atoms. The van der Waals surface area contributed by atoms with Gasteiger partial charge in [0.2, 0.25) is 5.82 Å². The van der Waals surface area contributed by atoms with Gasteiger partial charge in [-0.2, -0.15) is 10.2 Å². The Labute approximate surface area is 105 Å². The third kappa shape index (κ3) is 2.00. The summed E-state index contributed by atoms with van der Waals surface area (Å²) in [7, 11) is 1.61. The fourth-order valence-corrected chi connectivity index (χ4v) is 1.53. The van der Waals surface area contributed by atoms with Gasteiger partial charge in [0.1, 0.15) is 23.1 Å². The molecular weight excluding hydrogens is 232 g/mol. The smallest absolute Gasteiger partial charge is 0.274 e. The van der Waals surface area contributed by atoms with Gasteiger partial charge in [-0.05, 0) is 25.5 Å². The molecule has 0 aliphatic heterocycles. The molecule has 0 radical (unpaired) electrons. The van der Waals surface area contributed by atoms with Crippen molar-refractivity contribution in [1.82, 2.24) is 15.1 Å². The standard InChI is InChI=1S/C12H14N4O2/c1-4-12(2,17-3)11-15-10(18-16-11)9-6-5-8(7-13)14-9/h5-6,14H,4H2,1-3H3. The lowest BCUT2D eigenvalue weighted by atomic mass is 10.0. The van der Waals surface area contributed by atoms with Gasteiger partial charge in [-0.15, -0.1) is 0 Å². The summed E-state index contributed by atoms with van der Waals surface area (Å²) in [5, 5.41) is 12.7. The highest BCUT2D eigenvalue weighted by Crippen LogP contribution is 2.27. The van der Waals surface area contributed by atoms with E-state index < -0.39 is 5.60 Å². The van der Waals surface area contributed by atoms with E-state index in [4.69, 9.17) is 14.5 Å². The number of aromatic nitrogens is 3. The second-order valence-corrected chi connectivity index (χ2v) is 4.11. The van der Waals surface area contributed by atoms with Gasteiger partial charge in [-0.3, -0.25) is 0 Å². The average Bonchev–Trinajstić information content (AvgIpc) is 3.05. The SMILES string of the molecule is CCC(C)(OC)c1noc(-c2ccc(C#N)[nH]2)n1. The molecule has 0 saturated carbocycles. The van der Waals surface area contributed by atoms with E-state index in [2.05, 4.69) is 15.1 Å².